The van der Waals surface area contributed by atoms with Crippen LogP contribution in [0.15, 0.2) is 77.4 Å². The third-order valence-electron chi connectivity index (χ3n) is 5.13. The van der Waals surface area contributed by atoms with E-state index in [-0.39, 0.29) is 28.5 Å². The van der Waals surface area contributed by atoms with Gasteiger partial charge in [-0.15, -0.1) is 0 Å². The molecule has 0 aliphatic heterocycles. The average molecular weight is 474 g/mol. The lowest BCUT2D eigenvalue weighted by atomic mass is 10.1. The lowest BCUT2D eigenvalue weighted by molar-refractivity contribution is -0.119. The second-order valence-corrected chi connectivity index (χ2v) is 7.34. The lowest BCUT2D eigenvalue weighted by Gasteiger charge is -2.15. The molecule has 2 N–H and O–H groups in total. The van der Waals surface area contributed by atoms with Crippen LogP contribution in [0.5, 0.6) is 11.5 Å². The van der Waals surface area contributed by atoms with Crippen LogP contribution in [-0.4, -0.2) is 38.6 Å². The number of ether oxygens (including phenoxy) is 3. The Hall–Kier alpha value is -4.79. The van der Waals surface area contributed by atoms with E-state index in [1.165, 1.54) is 38.7 Å². The molecule has 0 bridgehead atoms. The SMILES string of the molecule is COc1cc(NC(=O)c2ccco2)c(C(=O)OCC(=O)Nc2cccc3ccccc23)cc1OC. The monoisotopic (exact) mass is 474 g/mol. The van der Waals surface area contributed by atoms with Crippen molar-refractivity contribution in [3.05, 3.63) is 84.3 Å². The van der Waals surface area contributed by atoms with Gasteiger partial charge in [-0.25, -0.2) is 4.79 Å². The molecule has 3 aromatic carbocycles. The maximum absolute atomic E-state index is 12.9. The molecule has 0 fully saturated rings. The fourth-order valence-corrected chi connectivity index (χ4v) is 3.47. The second-order valence-electron chi connectivity index (χ2n) is 7.34. The summed E-state index contributed by atoms with van der Waals surface area (Å²) in [6.07, 6.45) is 1.35. The van der Waals surface area contributed by atoms with E-state index in [0.717, 1.165) is 10.8 Å². The molecule has 9 heteroatoms. The van der Waals surface area contributed by atoms with E-state index in [9.17, 15) is 14.4 Å². The van der Waals surface area contributed by atoms with Crippen molar-refractivity contribution in [2.45, 2.75) is 0 Å². The molecule has 35 heavy (non-hydrogen) atoms. The molecule has 1 aromatic heterocycles. The first kappa shape index (κ1) is 23.4. The van der Waals surface area contributed by atoms with Gasteiger partial charge in [-0.1, -0.05) is 36.4 Å². The van der Waals surface area contributed by atoms with Crippen LogP contribution in [0, 0.1) is 0 Å². The van der Waals surface area contributed by atoms with Gasteiger partial charge < -0.3 is 29.3 Å². The first-order valence-electron chi connectivity index (χ1n) is 10.6. The fraction of sp³-hybridized carbons (Fsp3) is 0.115. The summed E-state index contributed by atoms with van der Waals surface area (Å²) in [5.74, 6) is -1.35. The third kappa shape index (κ3) is 5.25. The highest BCUT2D eigenvalue weighted by Gasteiger charge is 2.22. The minimum atomic E-state index is -0.839. The smallest absolute Gasteiger partial charge is 0.340 e. The highest BCUT2D eigenvalue weighted by atomic mass is 16.5. The van der Waals surface area contributed by atoms with Crippen LogP contribution < -0.4 is 20.1 Å². The standard InChI is InChI=1S/C26H22N2O7/c1-32-22-13-18(20(14-23(22)33-2)28-25(30)21-11-6-12-34-21)26(31)35-15-24(29)27-19-10-5-8-16-7-3-4-9-17(16)19/h3-14H,15H2,1-2H3,(H,27,29)(H,28,30). The van der Waals surface area contributed by atoms with Gasteiger partial charge in [-0.2, -0.15) is 0 Å². The number of hydrogen-bond acceptors (Lipinski definition) is 7. The van der Waals surface area contributed by atoms with E-state index in [2.05, 4.69) is 10.6 Å². The highest BCUT2D eigenvalue weighted by molar-refractivity contribution is 6.08. The van der Waals surface area contributed by atoms with Gasteiger partial charge in [0, 0.05) is 23.2 Å². The van der Waals surface area contributed by atoms with Gasteiger partial charge in [0.05, 0.1) is 31.7 Å². The molecule has 1 heterocycles. The number of benzene rings is 3. The Labute approximate surface area is 200 Å². The number of carbonyl (C=O) groups is 3. The number of furan rings is 1. The Balaban J connectivity index is 1.51. The summed E-state index contributed by atoms with van der Waals surface area (Å²) in [5, 5.41) is 7.17. The molecule has 0 aliphatic carbocycles. The van der Waals surface area contributed by atoms with Crippen molar-refractivity contribution in [3.63, 3.8) is 0 Å². The summed E-state index contributed by atoms with van der Waals surface area (Å²) < 4.78 is 20.9. The molecule has 0 unspecified atom stereocenters. The first-order chi connectivity index (χ1) is 17.0. The van der Waals surface area contributed by atoms with Gasteiger partial charge in [0.1, 0.15) is 0 Å². The molecular formula is C26H22N2O7. The van der Waals surface area contributed by atoms with Crippen molar-refractivity contribution in [3.8, 4) is 11.5 Å². The van der Waals surface area contributed by atoms with Crippen molar-refractivity contribution in [1.82, 2.24) is 0 Å². The van der Waals surface area contributed by atoms with Crippen LogP contribution in [0.3, 0.4) is 0 Å². The van der Waals surface area contributed by atoms with Gasteiger partial charge in [0.15, 0.2) is 23.9 Å². The molecule has 9 nitrogen and oxygen atoms in total. The van der Waals surface area contributed by atoms with Crippen molar-refractivity contribution in [2.75, 3.05) is 31.5 Å². The number of anilines is 2. The highest BCUT2D eigenvalue weighted by Crippen LogP contribution is 2.34. The van der Waals surface area contributed by atoms with Gasteiger partial charge in [0.25, 0.3) is 11.8 Å². The van der Waals surface area contributed by atoms with Gasteiger partial charge in [-0.3, -0.25) is 9.59 Å². The Morgan fingerprint density at radius 3 is 2.31 bits per heavy atom. The predicted molar refractivity (Wildman–Crippen MR) is 129 cm³/mol. The number of methoxy groups -OCH3 is 2. The largest absolute Gasteiger partial charge is 0.493 e. The zero-order chi connectivity index (χ0) is 24.8. The molecular weight excluding hydrogens is 452 g/mol. The molecule has 0 saturated carbocycles. The number of carbonyl (C=O) groups excluding carboxylic acids is 3. The molecule has 0 radical (unpaired) electrons. The zero-order valence-electron chi connectivity index (χ0n) is 19.0. The minimum absolute atomic E-state index is 0.0273. The van der Waals surface area contributed by atoms with Crippen LogP contribution in [0.4, 0.5) is 11.4 Å². The molecule has 2 amide bonds. The number of hydrogen-bond donors (Lipinski definition) is 2. The summed E-state index contributed by atoms with van der Waals surface area (Å²) in [4.78, 5) is 37.9. The first-order valence-corrected chi connectivity index (χ1v) is 10.6. The van der Waals surface area contributed by atoms with E-state index in [0.29, 0.717) is 5.69 Å². The molecule has 0 atom stereocenters. The molecule has 0 aliphatic rings. The van der Waals surface area contributed by atoms with Crippen LogP contribution >= 0.6 is 0 Å². The number of fused-ring (bicyclic) bond motifs is 1. The quantitative estimate of drug-likeness (QED) is 0.361. The minimum Gasteiger partial charge on any atom is -0.493 e. The van der Waals surface area contributed by atoms with Crippen molar-refractivity contribution < 1.29 is 33.0 Å². The van der Waals surface area contributed by atoms with Crippen LogP contribution in [-0.2, 0) is 9.53 Å². The van der Waals surface area contributed by atoms with Crippen molar-refractivity contribution in [2.24, 2.45) is 0 Å². The molecule has 0 saturated heterocycles. The normalized spacial score (nSPS) is 10.5. The third-order valence-corrected chi connectivity index (χ3v) is 5.13. The van der Waals surface area contributed by atoms with Crippen molar-refractivity contribution >= 4 is 39.9 Å². The number of nitrogens with one attached hydrogen (secondary N) is 2. The summed E-state index contributed by atoms with van der Waals surface area (Å²) in [6, 6.07) is 18.9. The van der Waals surface area contributed by atoms with E-state index in [1.807, 2.05) is 36.4 Å². The predicted octanol–water partition coefficient (Wildman–Crippen LogP) is 4.50. The number of rotatable bonds is 8. The lowest BCUT2D eigenvalue weighted by Crippen LogP contribution is -2.22. The van der Waals surface area contributed by atoms with E-state index in [4.69, 9.17) is 18.6 Å². The summed E-state index contributed by atoms with van der Waals surface area (Å²) >= 11 is 0. The molecule has 178 valence electrons. The Morgan fingerprint density at radius 1 is 0.829 bits per heavy atom. The summed E-state index contributed by atoms with van der Waals surface area (Å²) in [6.45, 7) is -0.540. The molecule has 4 rings (SSSR count). The number of esters is 1. The Bertz CT molecular complexity index is 1370. The molecule has 4 aromatic rings. The van der Waals surface area contributed by atoms with Gasteiger partial charge in [-0.05, 0) is 23.6 Å². The van der Waals surface area contributed by atoms with Crippen LogP contribution in [0.2, 0.25) is 0 Å². The van der Waals surface area contributed by atoms with Crippen molar-refractivity contribution in [1.29, 1.82) is 0 Å². The fourth-order valence-electron chi connectivity index (χ4n) is 3.47. The van der Waals surface area contributed by atoms with Crippen LogP contribution in [0.1, 0.15) is 20.9 Å². The second kappa shape index (κ2) is 10.4. The Kier molecular flexibility index (Phi) is 6.96. The van der Waals surface area contributed by atoms with Crippen LogP contribution in [0.25, 0.3) is 10.8 Å². The maximum Gasteiger partial charge on any atom is 0.340 e. The Morgan fingerprint density at radius 2 is 1.57 bits per heavy atom. The zero-order valence-corrected chi connectivity index (χ0v) is 19.0. The average Bonchev–Trinajstić information content (AvgIpc) is 3.42. The maximum atomic E-state index is 12.9. The molecule has 0 spiro atoms. The topological polar surface area (TPSA) is 116 Å². The summed E-state index contributed by atoms with van der Waals surface area (Å²) in [7, 11) is 2.83. The van der Waals surface area contributed by atoms with E-state index >= 15 is 0 Å². The van der Waals surface area contributed by atoms with Gasteiger partial charge in [0.2, 0.25) is 0 Å². The van der Waals surface area contributed by atoms with E-state index in [1.54, 1.807) is 12.1 Å². The summed E-state index contributed by atoms with van der Waals surface area (Å²) in [5.41, 5.74) is 0.672. The number of amides is 2. The van der Waals surface area contributed by atoms with Gasteiger partial charge >= 0.3 is 5.97 Å². The van der Waals surface area contributed by atoms with E-state index < -0.39 is 24.4 Å².